The van der Waals surface area contributed by atoms with Crippen LogP contribution in [0.5, 0.6) is 0 Å². The van der Waals surface area contributed by atoms with Crippen LogP contribution < -0.4 is 5.32 Å². The van der Waals surface area contributed by atoms with Crippen molar-refractivity contribution in [3.8, 4) is 0 Å². The first-order valence-corrected chi connectivity index (χ1v) is 31.5. The molecule has 10 heteroatoms. The number of hydrogen-bond donors (Lipinski definition) is 3. The predicted molar refractivity (Wildman–Crippen MR) is 379 cm³/mol. The molecule has 6 nitrogen and oxygen atoms in total. The summed E-state index contributed by atoms with van der Waals surface area (Å²) in [4.78, 5) is 8.13. The zero-order valence-corrected chi connectivity index (χ0v) is 56.3. The van der Waals surface area contributed by atoms with Crippen molar-refractivity contribution in [2.24, 2.45) is 23.7 Å². The highest BCUT2D eigenvalue weighted by molar-refractivity contribution is 5.35. The molecular formula is C78H131F4N5O. The lowest BCUT2D eigenvalue weighted by atomic mass is 9.82. The molecule has 1 saturated carbocycles. The van der Waals surface area contributed by atoms with E-state index in [9.17, 15) is 17.6 Å². The number of piperidine rings is 1. The summed E-state index contributed by atoms with van der Waals surface area (Å²) in [5, 5.41) is 19.0. The molecular weight excluding hydrogens is 1100 g/mol. The number of benzene rings is 4. The van der Waals surface area contributed by atoms with Gasteiger partial charge >= 0.3 is 6.18 Å². The molecule has 0 spiro atoms. The molecule has 2 aliphatic rings. The Bertz CT molecular complexity index is 2590. The van der Waals surface area contributed by atoms with Gasteiger partial charge in [0.15, 0.2) is 0 Å². The smallest absolute Gasteiger partial charge is 0.392 e. The van der Waals surface area contributed by atoms with Crippen LogP contribution in [0.25, 0.3) is 0 Å². The van der Waals surface area contributed by atoms with Crippen LogP contribution in [0.3, 0.4) is 0 Å². The number of pyridine rings is 1. The lowest BCUT2D eigenvalue weighted by Gasteiger charge is -2.30. The lowest BCUT2D eigenvalue weighted by molar-refractivity contribution is -0.138. The first-order valence-electron chi connectivity index (χ1n) is 31.5. The molecule has 88 heavy (non-hydrogen) atoms. The Morgan fingerprint density at radius 1 is 0.534 bits per heavy atom. The number of aliphatic hydroxyl groups excluding tert-OH is 1. The minimum absolute atomic E-state index is 0. The number of alkyl halides is 3. The number of nitrogens with zero attached hydrogens (tertiary/aromatic N) is 3. The van der Waals surface area contributed by atoms with Gasteiger partial charge in [-0.15, -0.1) is 0 Å². The second-order valence-electron chi connectivity index (χ2n) is 25.9. The zero-order valence-electron chi connectivity index (χ0n) is 56.3. The maximum absolute atomic E-state index is 13.1. The van der Waals surface area contributed by atoms with Gasteiger partial charge < -0.3 is 10.4 Å². The minimum atomic E-state index is -4.24. The average Bonchev–Trinajstić information content (AvgIpc) is 3.77. The molecule has 0 amide bonds. The van der Waals surface area contributed by atoms with Crippen molar-refractivity contribution in [3.63, 3.8) is 0 Å². The van der Waals surface area contributed by atoms with Gasteiger partial charge in [0, 0.05) is 23.9 Å². The van der Waals surface area contributed by atoms with Crippen LogP contribution in [-0.2, 0) is 12.8 Å². The van der Waals surface area contributed by atoms with Gasteiger partial charge in [0.05, 0.1) is 12.2 Å². The molecule has 6 aromatic rings. The third kappa shape index (κ3) is 35.9. The van der Waals surface area contributed by atoms with Crippen molar-refractivity contribution in [3.05, 3.63) is 182 Å². The maximum Gasteiger partial charge on any atom is 0.416 e. The summed E-state index contributed by atoms with van der Waals surface area (Å²) in [5.74, 6) is 7.24. The van der Waals surface area contributed by atoms with Crippen LogP contribution in [0.2, 0.25) is 0 Å². The standard InChI is InChI=1S/C11H13F3.C11H16O.C11H16.C10H13F.C9H19N.C9H18.C8H11N.C5H9N3.4CH4/c1-7(2)9-5-4-8(3)10(6-9)11(12,13)14;1-8(2)11-5-4-9(3)6-10(11)7-12;1-8(2)11-6-5-9(3)7-10(11)4;1-7(2)9-5-4-8(3)6-10(9)11;1-7(2)9-4-5-10-8(3)6-9;1-8(2)9-6-4-3-5-7-9;1-7(2)8-5-3-4-6-9-8;1-4(2)5-6-3-7-8-5;;;;/h4-7H,1-3H3;4-6,8,12H,7H2,1-3H3;5-8H,1-4H3;4-7H,1-3H3;7-10H,4-6H2,1-3H3;8-9H,3-7H2,1-2H3;3-7H,1-2H3;3-4H,1-2H3,(H,6,7,8);4*1H4. The topological polar surface area (TPSA) is 86.7 Å². The Morgan fingerprint density at radius 3 is 1.42 bits per heavy atom. The summed E-state index contributed by atoms with van der Waals surface area (Å²) in [5.41, 5.74) is 11.2. The molecule has 2 unspecified atom stereocenters. The van der Waals surface area contributed by atoms with E-state index in [0.717, 1.165) is 63.5 Å². The normalized spacial score (nSPS) is 14.4. The van der Waals surface area contributed by atoms with Crippen molar-refractivity contribution in [2.45, 2.75) is 281 Å². The number of aryl methyl sites for hydroxylation is 5. The number of aliphatic hydroxyl groups is 1. The molecule has 2 atom stereocenters. The van der Waals surface area contributed by atoms with E-state index >= 15 is 0 Å². The number of nitrogens with one attached hydrogen (secondary N) is 2. The second kappa shape index (κ2) is 46.8. The van der Waals surface area contributed by atoms with Crippen LogP contribution in [0, 0.1) is 64.1 Å². The van der Waals surface area contributed by atoms with Crippen LogP contribution in [0.1, 0.15) is 301 Å². The van der Waals surface area contributed by atoms with E-state index in [-0.39, 0.29) is 59.5 Å². The van der Waals surface area contributed by atoms with Gasteiger partial charge in [0.2, 0.25) is 0 Å². The number of H-pyrrole nitrogens is 1. The monoisotopic (exact) mass is 1230 g/mol. The Hall–Kier alpha value is -5.19. The Morgan fingerprint density at radius 2 is 1.06 bits per heavy atom. The molecule has 8 rings (SSSR count). The van der Waals surface area contributed by atoms with E-state index < -0.39 is 11.7 Å². The fraction of sp³-hybridized carbons (Fsp3) is 0.603. The van der Waals surface area contributed by atoms with Gasteiger partial charge in [-0.25, -0.2) is 9.37 Å². The van der Waals surface area contributed by atoms with E-state index in [1.54, 1.807) is 12.1 Å². The zero-order chi connectivity index (χ0) is 63.9. The molecule has 1 aliphatic carbocycles. The number of rotatable bonds is 9. The fourth-order valence-electron chi connectivity index (χ4n) is 10.1. The molecule has 3 heterocycles. The molecule has 0 radical (unpaired) electrons. The maximum atomic E-state index is 13.1. The first kappa shape index (κ1) is 89.2. The van der Waals surface area contributed by atoms with Crippen molar-refractivity contribution < 1.29 is 22.7 Å². The van der Waals surface area contributed by atoms with E-state index in [0.29, 0.717) is 23.7 Å². The summed E-state index contributed by atoms with van der Waals surface area (Å²) in [6, 6.07) is 29.5. The summed E-state index contributed by atoms with van der Waals surface area (Å²) >= 11 is 0. The second-order valence-corrected chi connectivity index (χ2v) is 25.9. The Balaban J connectivity index is -0.000000457. The molecule has 0 bridgehead atoms. The van der Waals surface area contributed by atoms with Crippen molar-refractivity contribution in [1.29, 1.82) is 0 Å². The molecule has 2 fully saturated rings. The van der Waals surface area contributed by atoms with E-state index in [1.165, 1.54) is 105 Å². The summed E-state index contributed by atoms with van der Waals surface area (Å²) in [6.07, 6.45) is 9.32. The van der Waals surface area contributed by atoms with Crippen molar-refractivity contribution in [1.82, 2.24) is 25.5 Å². The van der Waals surface area contributed by atoms with Gasteiger partial charge in [0.25, 0.3) is 0 Å². The van der Waals surface area contributed by atoms with Crippen LogP contribution >= 0.6 is 0 Å². The predicted octanol–water partition coefficient (Wildman–Crippen LogP) is 24.4. The van der Waals surface area contributed by atoms with Gasteiger partial charge in [-0.1, -0.05) is 250 Å². The first-order chi connectivity index (χ1) is 39.3. The fourth-order valence-corrected chi connectivity index (χ4v) is 10.1. The van der Waals surface area contributed by atoms with Crippen LogP contribution in [-0.4, -0.2) is 37.9 Å². The minimum Gasteiger partial charge on any atom is -0.392 e. The SMILES string of the molecule is C.C.C.C.CC(C)C1CCCCC1.CC(C)c1ccccn1.CC(C)c1ncn[nH]1.CC1CC(C(C)C)CCN1.Cc1ccc(C(C)C)c(C)c1.Cc1ccc(C(C)C)c(CO)c1.Cc1ccc(C(C)C)c(F)c1.Cc1ccc(C(C)C)cc1C(F)(F)F. The number of halogens is 4. The number of hydrogen-bond acceptors (Lipinski definition) is 5. The lowest BCUT2D eigenvalue weighted by Crippen LogP contribution is -2.37. The molecule has 4 aromatic carbocycles. The van der Waals surface area contributed by atoms with Gasteiger partial charge in [-0.3, -0.25) is 10.1 Å². The summed E-state index contributed by atoms with van der Waals surface area (Å²) in [7, 11) is 0. The molecule has 1 saturated heterocycles. The summed E-state index contributed by atoms with van der Waals surface area (Å²) in [6.45, 7) is 47.7. The van der Waals surface area contributed by atoms with Crippen LogP contribution in [0.15, 0.2) is 104 Å². The quantitative estimate of drug-likeness (QED) is 0.126. The molecule has 3 N–H and O–H groups in total. The highest BCUT2D eigenvalue weighted by Gasteiger charge is 2.32. The molecule has 1 aliphatic heterocycles. The van der Waals surface area contributed by atoms with Crippen molar-refractivity contribution >= 4 is 0 Å². The van der Waals surface area contributed by atoms with E-state index in [1.807, 2.05) is 78.1 Å². The number of aromatic amines is 1. The van der Waals surface area contributed by atoms with E-state index in [2.05, 4.69) is 166 Å². The Kier molecular flexibility index (Phi) is 47.5. The third-order valence-corrected chi connectivity index (χ3v) is 15.6. The van der Waals surface area contributed by atoms with Gasteiger partial charge in [0.1, 0.15) is 18.0 Å². The number of aromatic nitrogens is 4. The van der Waals surface area contributed by atoms with E-state index in [4.69, 9.17) is 5.11 Å². The largest absolute Gasteiger partial charge is 0.416 e. The van der Waals surface area contributed by atoms with Crippen molar-refractivity contribution in [2.75, 3.05) is 6.54 Å². The molecule has 2 aromatic heterocycles. The highest BCUT2D eigenvalue weighted by Crippen LogP contribution is 2.34. The van der Waals surface area contributed by atoms with Gasteiger partial charge in [-0.05, 0) is 183 Å². The third-order valence-electron chi connectivity index (χ3n) is 15.6. The highest BCUT2D eigenvalue weighted by atomic mass is 19.4. The average molecular weight is 1230 g/mol. The van der Waals surface area contributed by atoms with Gasteiger partial charge in [-0.2, -0.15) is 18.3 Å². The Labute approximate surface area is 539 Å². The van der Waals surface area contributed by atoms with Crippen LogP contribution in [0.4, 0.5) is 17.6 Å². The molecule has 502 valence electrons. The summed E-state index contributed by atoms with van der Waals surface area (Å²) < 4.78 is 50.6.